The Morgan fingerprint density at radius 3 is 1.67 bits per heavy atom. The van der Waals surface area contributed by atoms with Crippen molar-refractivity contribution in [2.45, 2.75) is 0 Å². The fourth-order valence-corrected chi connectivity index (χ4v) is 1.76. The molecule has 0 aliphatic carbocycles. The van der Waals surface area contributed by atoms with E-state index in [-0.39, 0.29) is 5.75 Å². The number of phenols is 1. The molecule has 0 saturated carbocycles. The van der Waals surface area contributed by atoms with Crippen LogP contribution in [0.25, 0.3) is 0 Å². The van der Waals surface area contributed by atoms with E-state index >= 15 is 0 Å². The number of aromatic hydroxyl groups is 1. The maximum atomic E-state index is 8.88. The van der Waals surface area contributed by atoms with Gasteiger partial charge in [-0.1, -0.05) is 46.4 Å². The van der Waals surface area contributed by atoms with E-state index in [1.54, 1.807) is 37.4 Å². The summed E-state index contributed by atoms with van der Waals surface area (Å²) in [5.74, 6) is 0.623. The molecule has 0 saturated heterocycles. The zero-order chi connectivity index (χ0) is 16.4. The van der Waals surface area contributed by atoms with Gasteiger partial charge < -0.3 is 14.9 Å². The Morgan fingerprint density at radius 2 is 1.29 bits per heavy atom. The van der Waals surface area contributed by atoms with E-state index in [1.165, 1.54) is 6.07 Å². The molecule has 0 aromatic heterocycles. The number of ether oxygens (including phenoxy) is 1. The topological polar surface area (TPSA) is 49.7 Å². The smallest absolute Gasteiger partial charge is 0.138 e. The van der Waals surface area contributed by atoms with E-state index in [2.05, 4.69) is 0 Å². The van der Waals surface area contributed by atoms with Crippen LogP contribution >= 0.6 is 46.4 Å². The highest BCUT2D eigenvalue weighted by molar-refractivity contribution is 6.34. The molecule has 0 unspecified atom stereocenters. The van der Waals surface area contributed by atoms with E-state index in [0.29, 0.717) is 25.8 Å². The number of hydrogen-bond acceptors (Lipinski definition) is 3. The minimum atomic E-state index is 0.0177. The van der Waals surface area contributed by atoms with Crippen molar-refractivity contribution in [2.75, 3.05) is 14.2 Å². The molecule has 0 radical (unpaired) electrons. The van der Waals surface area contributed by atoms with E-state index in [0.717, 1.165) is 7.11 Å². The number of halogens is 4. The monoisotopic (exact) mass is 370 g/mol. The Balaban J connectivity index is 0.000000342. The first-order valence-electron chi connectivity index (χ1n) is 5.52. The number of benzene rings is 2. The summed E-state index contributed by atoms with van der Waals surface area (Å²) in [4.78, 5) is 0. The Morgan fingerprint density at radius 1 is 0.810 bits per heavy atom. The van der Waals surface area contributed by atoms with E-state index in [4.69, 9.17) is 61.4 Å². The highest BCUT2D eigenvalue weighted by Gasteiger charge is 1.98. The van der Waals surface area contributed by atoms with Gasteiger partial charge in [0.25, 0.3) is 0 Å². The second kappa shape index (κ2) is 10.8. The van der Waals surface area contributed by atoms with Crippen LogP contribution in [0.5, 0.6) is 11.5 Å². The molecule has 7 heteroatoms. The average molecular weight is 372 g/mol. The van der Waals surface area contributed by atoms with Gasteiger partial charge in [0.05, 0.1) is 17.2 Å². The minimum absolute atomic E-state index is 0.0177. The second-order valence-corrected chi connectivity index (χ2v) is 5.06. The largest absolute Gasteiger partial charge is 0.506 e. The number of phenolic OH excluding ortho intramolecular Hbond substituents is 1. The molecule has 2 aromatic rings. The van der Waals surface area contributed by atoms with Gasteiger partial charge in [-0.05, 0) is 24.3 Å². The van der Waals surface area contributed by atoms with Crippen molar-refractivity contribution in [3.05, 3.63) is 56.5 Å². The Kier molecular flexibility index (Phi) is 10.4. The highest BCUT2D eigenvalue weighted by atomic mass is 35.5. The highest BCUT2D eigenvalue weighted by Crippen LogP contribution is 2.27. The van der Waals surface area contributed by atoms with Crippen LogP contribution < -0.4 is 4.74 Å². The molecule has 0 aliphatic rings. The summed E-state index contributed by atoms with van der Waals surface area (Å²) in [6.45, 7) is 0. The second-order valence-electron chi connectivity index (χ2n) is 3.37. The fourth-order valence-electron chi connectivity index (χ4n) is 1.12. The Labute approximate surface area is 143 Å². The molecule has 2 N–H and O–H groups in total. The molecule has 2 rings (SSSR count). The van der Waals surface area contributed by atoms with Crippen LogP contribution in [-0.4, -0.2) is 24.4 Å². The fraction of sp³-hybridized carbons (Fsp3) is 0.143. The van der Waals surface area contributed by atoms with Crippen molar-refractivity contribution in [3.8, 4) is 11.5 Å². The molecule has 116 valence electrons. The van der Waals surface area contributed by atoms with Crippen LogP contribution in [0, 0.1) is 0 Å². The number of aliphatic hydroxyl groups is 1. The van der Waals surface area contributed by atoms with Crippen LogP contribution in [-0.2, 0) is 0 Å². The third-order valence-corrected chi connectivity index (χ3v) is 3.12. The lowest BCUT2D eigenvalue weighted by Gasteiger charge is -2.00. The molecule has 0 heterocycles. The van der Waals surface area contributed by atoms with Crippen molar-refractivity contribution in [1.82, 2.24) is 0 Å². The van der Waals surface area contributed by atoms with Crippen LogP contribution in [0.2, 0.25) is 20.1 Å². The van der Waals surface area contributed by atoms with Crippen molar-refractivity contribution in [2.24, 2.45) is 0 Å². The van der Waals surface area contributed by atoms with Gasteiger partial charge in [-0.2, -0.15) is 0 Å². The molecule has 0 aliphatic heterocycles. The van der Waals surface area contributed by atoms with Crippen LogP contribution in [0.15, 0.2) is 36.4 Å². The summed E-state index contributed by atoms with van der Waals surface area (Å²) < 4.78 is 4.91. The SMILES string of the molecule is CO.COc1cc(Cl)ccc1Cl.Oc1cc(Cl)ccc1Cl. The summed E-state index contributed by atoms with van der Waals surface area (Å²) in [5, 5.41) is 17.9. The quantitative estimate of drug-likeness (QED) is 0.714. The van der Waals surface area contributed by atoms with Crippen LogP contribution in [0.3, 0.4) is 0 Å². The zero-order valence-electron chi connectivity index (χ0n) is 11.3. The summed E-state index contributed by atoms with van der Waals surface area (Å²) in [6, 6.07) is 9.63. The van der Waals surface area contributed by atoms with Gasteiger partial charge in [0, 0.05) is 29.3 Å². The normalized spacial score (nSPS) is 8.90. The zero-order valence-corrected chi connectivity index (χ0v) is 14.3. The van der Waals surface area contributed by atoms with Crippen molar-refractivity contribution >= 4 is 46.4 Å². The van der Waals surface area contributed by atoms with Gasteiger partial charge >= 0.3 is 0 Å². The molecule has 0 bridgehead atoms. The van der Waals surface area contributed by atoms with Gasteiger partial charge in [-0.25, -0.2) is 0 Å². The number of hydrogen-bond donors (Lipinski definition) is 2. The van der Waals surface area contributed by atoms with Crippen molar-refractivity contribution in [1.29, 1.82) is 0 Å². The average Bonchev–Trinajstić information content (AvgIpc) is 2.48. The van der Waals surface area contributed by atoms with Gasteiger partial charge in [-0.3, -0.25) is 0 Å². The van der Waals surface area contributed by atoms with Gasteiger partial charge in [0.2, 0.25) is 0 Å². The van der Waals surface area contributed by atoms with E-state index < -0.39 is 0 Å². The Hall–Kier alpha value is -0.840. The molecular formula is C14H14Cl4O3. The van der Waals surface area contributed by atoms with E-state index in [1.807, 2.05) is 0 Å². The molecule has 0 amide bonds. The van der Waals surface area contributed by atoms with Gasteiger partial charge in [0.15, 0.2) is 0 Å². The molecule has 21 heavy (non-hydrogen) atoms. The first kappa shape index (κ1) is 20.2. The summed E-state index contributed by atoms with van der Waals surface area (Å²) in [7, 11) is 2.55. The molecular weight excluding hydrogens is 358 g/mol. The maximum Gasteiger partial charge on any atom is 0.138 e. The molecule has 0 spiro atoms. The predicted octanol–water partition coefficient (Wildman–Crippen LogP) is 5.31. The van der Waals surface area contributed by atoms with E-state index in [9.17, 15) is 0 Å². The summed E-state index contributed by atoms with van der Waals surface area (Å²) in [6.07, 6.45) is 0. The molecule has 0 atom stereocenters. The third kappa shape index (κ3) is 7.65. The van der Waals surface area contributed by atoms with Crippen molar-refractivity contribution < 1.29 is 14.9 Å². The molecule has 0 fully saturated rings. The standard InChI is InChI=1S/C7H6Cl2O.C6H4Cl2O.CH4O/c1-10-7-4-5(8)2-3-6(7)9;7-4-1-2-5(8)6(9)3-4;1-2/h2-4H,1H3;1-3,9H;2H,1H3. The maximum absolute atomic E-state index is 8.88. The first-order valence-corrected chi connectivity index (χ1v) is 7.03. The summed E-state index contributed by atoms with van der Waals surface area (Å²) in [5.41, 5.74) is 0. The van der Waals surface area contributed by atoms with Gasteiger partial charge in [0.1, 0.15) is 11.5 Å². The number of aliphatic hydroxyl groups excluding tert-OH is 1. The molecule has 2 aromatic carbocycles. The molecule has 3 nitrogen and oxygen atoms in total. The van der Waals surface area contributed by atoms with Gasteiger partial charge in [-0.15, -0.1) is 0 Å². The van der Waals surface area contributed by atoms with Crippen LogP contribution in [0.1, 0.15) is 0 Å². The first-order chi connectivity index (χ1) is 9.93. The van der Waals surface area contributed by atoms with Crippen LogP contribution in [0.4, 0.5) is 0 Å². The third-order valence-electron chi connectivity index (χ3n) is 2.02. The Bertz CT molecular complexity index is 562. The number of rotatable bonds is 1. The predicted molar refractivity (Wildman–Crippen MR) is 89.3 cm³/mol. The van der Waals surface area contributed by atoms with Crippen molar-refractivity contribution in [3.63, 3.8) is 0 Å². The minimum Gasteiger partial charge on any atom is -0.506 e. The lowest BCUT2D eigenvalue weighted by atomic mass is 10.3. The summed E-state index contributed by atoms with van der Waals surface area (Å²) >= 11 is 22.3. The lowest BCUT2D eigenvalue weighted by Crippen LogP contribution is -1.82. The lowest BCUT2D eigenvalue weighted by molar-refractivity contribution is 0.399. The number of methoxy groups -OCH3 is 1.